The van der Waals surface area contributed by atoms with Crippen molar-refractivity contribution in [2.75, 3.05) is 6.61 Å². The third kappa shape index (κ3) is 3.15. The number of benzene rings is 1. The molecule has 1 heterocycles. The predicted molar refractivity (Wildman–Crippen MR) is 60.5 cm³/mol. The Labute approximate surface area is 87.1 Å². The van der Waals surface area contributed by atoms with E-state index >= 15 is 0 Å². The van der Waals surface area contributed by atoms with E-state index in [0.717, 1.165) is 19.6 Å². The fourth-order valence-corrected chi connectivity index (χ4v) is 1.50. The maximum atomic E-state index is 5.35. The zero-order chi connectivity index (χ0) is 10.4. The molecule has 0 spiro atoms. The summed E-state index contributed by atoms with van der Waals surface area (Å²) in [6.45, 7) is 8.06. The van der Waals surface area contributed by atoms with Gasteiger partial charge in [-0.25, -0.2) is 0 Å². The van der Waals surface area contributed by atoms with Gasteiger partial charge >= 0.3 is 0 Å². The standard InChI is InChI=1S/C10H12O.C3H8/c1-8-2-3-9-4-5-11-7-10(9)6-8;1-3-2/h2-3,6H,4-5,7H2,1H3;3H2,1-2H3. The van der Waals surface area contributed by atoms with Crippen molar-refractivity contribution in [1.82, 2.24) is 0 Å². The summed E-state index contributed by atoms with van der Waals surface area (Å²) in [4.78, 5) is 0. The molecule has 14 heavy (non-hydrogen) atoms. The number of fused-ring (bicyclic) bond motifs is 1. The van der Waals surface area contributed by atoms with Crippen molar-refractivity contribution in [2.45, 2.75) is 40.2 Å². The van der Waals surface area contributed by atoms with Crippen LogP contribution in [0.5, 0.6) is 0 Å². The van der Waals surface area contributed by atoms with E-state index in [9.17, 15) is 0 Å². The molecule has 0 radical (unpaired) electrons. The molecule has 0 fully saturated rings. The molecule has 1 aromatic rings. The molecule has 2 rings (SSSR count). The molecule has 1 aliphatic heterocycles. The van der Waals surface area contributed by atoms with Gasteiger partial charge < -0.3 is 4.74 Å². The Morgan fingerprint density at radius 1 is 1.21 bits per heavy atom. The van der Waals surface area contributed by atoms with Gasteiger partial charge in [0.25, 0.3) is 0 Å². The third-order valence-electron chi connectivity index (χ3n) is 2.14. The summed E-state index contributed by atoms with van der Waals surface area (Å²) in [5.74, 6) is 0. The zero-order valence-electron chi connectivity index (χ0n) is 9.47. The summed E-state index contributed by atoms with van der Waals surface area (Å²) in [7, 11) is 0. The second kappa shape index (κ2) is 5.82. The van der Waals surface area contributed by atoms with Crippen LogP contribution in [0, 0.1) is 6.92 Å². The Morgan fingerprint density at radius 3 is 2.64 bits per heavy atom. The minimum atomic E-state index is 0.803. The van der Waals surface area contributed by atoms with Crippen LogP contribution in [0.15, 0.2) is 18.2 Å². The Bertz CT molecular complexity index is 279. The number of hydrogen-bond donors (Lipinski definition) is 0. The lowest BCUT2D eigenvalue weighted by Crippen LogP contribution is -2.09. The van der Waals surface area contributed by atoms with Crippen LogP contribution in [0.3, 0.4) is 0 Å². The summed E-state index contributed by atoms with van der Waals surface area (Å²) in [5.41, 5.74) is 4.16. The molecule has 0 saturated carbocycles. The highest BCUT2D eigenvalue weighted by Gasteiger charge is 2.07. The van der Waals surface area contributed by atoms with Crippen LogP contribution < -0.4 is 0 Å². The van der Waals surface area contributed by atoms with Crippen molar-refractivity contribution < 1.29 is 4.74 Å². The van der Waals surface area contributed by atoms with Gasteiger partial charge in [-0.05, 0) is 24.5 Å². The van der Waals surface area contributed by atoms with Crippen molar-refractivity contribution in [3.8, 4) is 0 Å². The highest BCUT2D eigenvalue weighted by Crippen LogP contribution is 2.17. The largest absolute Gasteiger partial charge is 0.376 e. The lowest BCUT2D eigenvalue weighted by molar-refractivity contribution is 0.110. The maximum Gasteiger partial charge on any atom is 0.0719 e. The number of ether oxygens (including phenoxy) is 1. The van der Waals surface area contributed by atoms with Crippen molar-refractivity contribution >= 4 is 0 Å². The van der Waals surface area contributed by atoms with E-state index in [-0.39, 0.29) is 0 Å². The van der Waals surface area contributed by atoms with Gasteiger partial charge in [-0.2, -0.15) is 0 Å². The first-order valence-electron chi connectivity index (χ1n) is 5.44. The lowest BCUT2D eigenvalue weighted by atomic mass is 10.0. The van der Waals surface area contributed by atoms with Gasteiger partial charge in [0.1, 0.15) is 0 Å². The second-order valence-electron chi connectivity index (χ2n) is 3.78. The molecule has 0 amide bonds. The van der Waals surface area contributed by atoms with E-state index < -0.39 is 0 Å². The summed E-state index contributed by atoms with van der Waals surface area (Å²) in [6.07, 6.45) is 2.33. The quantitative estimate of drug-likeness (QED) is 0.611. The molecule has 0 aliphatic carbocycles. The molecular weight excluding hydrogens is 172 g/mol. The monoisotopic (exact) mass is 192 g/mol. The van der Waals surface area contributed by atoms with E-state index in [1.54, 1.807) is 0 Å². The van der Waals surface area contributed by atoms with Crippen LogP contribution in [0.2, 0.25) is 0 Å². The van der Waals surface area contributed by atoms with E-state index in [0.29, 0.717) is 0 Å². The second-order valence-corrected chi connectivity index (χ2v) is 3.78. The van der Waals surface area contributed by atoms with E-state index in [1.165, 1.54) is 23.1 Å². The fourth-order valence-electron chi connectivity index (χ4n) is 1.50. The molecule has 0 N–H and O–H groups in total. The molecule has 0 unspecified atom stereocenters. The highest BCUT2D eigenvalue weighted by molar-refractivity contribution is 5.32. The molecular formula is C13H20O. The van der Waals surface area contributed by atoms with Gasteiger partial charge in [0, 0.05) is 0 Å². The fraction of sp³-hybridized carbons (Fsp3) is 0.538. The van der Waals surface area contributed by atoms with E-state index in [1.807, 2.05) is 0 Å². The van der Waals surface area contributed by atoms with Crippen molar-refractivity contribution in [2.24, 2.45) is 0 Å². The van der Waals surface area contributed by atoms with Crippen molar-refractivity contribution in [3.05, 3.63) is 34.9 Å². The Hall–Kier alpha value is -0.820. The van der Waals surface area contributed by atoms with Gasteiger partial charge in [-0.3, -0.25) is 0 Å². The normalized spacial score (nSPS) is 13.9. The van der Waals surface area contributed by atoms with Gasteiger partial charge in [-0.1, -0.05) is 44.0 Å². The van der Waals surface area contributed by atoms with E-state index in [4.69, 9.17) is 4.74 Å². The van der Waals surface area contributed by atoms with Crippen LogP contribution in [-0.4, -0.2) is 6.61 Å². The minimum absolute atomic E-state index is 0.803. The maximum absolute atomic E-state index is 5.35. The Kier molecular flexibility index (Phi) is 4.68. The third-order valence-corrected chi connectivity index (χ3v) is 2.14. The predicted octanol–water partition coefficient (Wildman–Crippen LogP) is 3.48. The molecule has 1 aromatic carbocycles. The van der Waals surface area contributed by atoms with Crippen LogP contribution in [0.1, 0.15) is 37.0 Å². The molecule has 1 nitrogen and oxygen atoms in total. The van der Waals surface area contributed by atoms with Crippen LogP contribution >= 0.6 is 0 Å². The highest BCUT2D eigenvalue weighted by atomic mass is 16.5. The summed E-state index contributed by atoms with van der Waals surface area (Å²) < 4.78 is 5.35. The minimum Gasteiger partial charge on any atom is -0.376 e. The first-order chi connectivity index (χ1) is 6.77. The van der Waals surface area contributed by atoms with Gasteiger partial charge in [0.15, 0.2) is 0 Å². The number of rotatable bonds is 0. The molecule has 0 saturated heterocycles. The summed E-state index contributed by atoms with van der Waals surface area (Å²) >= 11 is 0. The smallest absolute Gasteiger partial charge is 0.0719 e. The van der Waals surface area contributed by atoms with Gasteiger partial charge in [-0.15, -0.1) is 0 Å². The summed E-state index contributed by atoms with van der Waals surface area (Å²) in [6, 6.07) is 6.60. The molecule has 1 aliphatic rings. The topological polar surface area (TPSA) is 9.23 Å². The number of hydrogen-bond acceptors (Lipinski definition) is 1. The average Bonchev–Trinajstić information content (AvgIpc) is 2.19. The summed E-state index contributed by atoms with van der Waals surface area (Å²) in [5, 5.41) is 0. The first-order valence-corrected chi connectivity index (χ1v) is 5.44. The van der Waals surface area contributed by atoms with Crippen LogP contribution in [0.25, 0.3) is 0 Å². The SMILES string of the molecule is CCC.Cc1ccc2c(c1)COCC2. The molecule has 1 heteroatoms. The van der Waals surface area contributed by atoms with Gasteiger partial charge in [0.2, 0.25) is 0 Å². The van der Waals surface area contributed by atoms with Gasteiger partial charge in [0.05, 0.1) is 13.2 Å². The molecule has 78 valence electrons. The zero-order valence-corrected chi connectivity index (χ0v) is 9.47. The molecule has 0 bridgehead atoms. The average molecular weight is 192 g/mol. The van der Waals surface area contributed by atoms with Crippen molar-refractivity contribution in [3.63, 3.8) is 0 Å². The Morgan fingerprint density at radius 2 is 1.93 bits per heavy atom. The first kappa shape index (κ1) is 11.3. The Balaban J connectivity index is 0.000000293. The molecule has 0 aromatic heterocycles. The number of aryl methyl sites for hydroxylation is 1. The van der Waals surface area contributed by atoms with Crippen LogP contribution in [-0.2, 0) is 17.8 Å². The lowest BCUT2D eigenvalue weighted by Gasteiger charge is -2.16. The molecule has 0 atom stereocenters. The van der Waals surface area contributed by atoms with Crippen LogP contribution in [0.4, 0.5) is 0 Å². The van der Waals surface area contributed by atoms with E-state index in [2.05, 4.69) is 39.0 Å². The van der Waals surface area contributed by atoms with Crippen molar-refractivity contribution in [1.29, 1.82) is 0 Å².